The van der Waals surface area contributed by atoms with Crippen LogP contribution in [0.3, 0.4) is 0 Å². The number of hydrogen-bond donors (Lipinski definition) is 1. The van der Waals surface area contributed by atoms with Gasteiger partial charge in [-0.3, -0.25) is 4.79 Å². The number of nitrogen functional groups attached to an aromatic ring is 1. The third-order valence-corrected chi connectivity index (χ3v) is 2.20. The van der Waals surface area contributed by atoms with Crippen LogP contribution in [0.4, 0.5) is 5.69 Å². The minimum absolute atomic E-state index is 0.0526. The van der Waals surface area contributed by atoms with Crippen LogP contribution in [0.2, 0.25) is 0 Å². The fourth-order valence-corrected chi connectivity index (χ4v) is 1.49. The van der Waals surface area contributed by atoms with Crippen LogP contribution < -0.4 is 15.2 Å². The van der Waals surface area contributed by atoms with E-state index >= 15 is 0 Å². The number of ether oxygens (including phenoxy) is 2. The summed E-state index contributed by atoms with van der Waals surface area (Å²) in [6.07, 6.45) is 0.402. The number of anilines is 1. The van der Waals surface area contributed by atoms with E-state index in [-0.39, 0.29) is 5.78 Å². The highest BCUT2D eigenvalue weighted by Gasteiger charge is 2.21. The smallest absolute Gasteiger partial charge is 0.170 e. The molecule has 0 radical (unpaired) electrons. The van der Waals surface area contributed by atoms with E-state index in [2.05, 4.69) is 0 Å². The Morgan fingerprint density at radius 1 is 1.50 bits per heavy atom. The summed E-state index contributed by atoms with van der Waals surface area (Å²) in [6.45, 7) is 0.405. The van der Waals surface area contributed by atoms with Crippen molar-refractivity contribution in [1.82, 2.24) is 0 Å². The van der Waals surface area contributed by atoms with Crippen molar-refractivity contribution in [2.24, 2.45) is 0 Å². The van der Waals surface area contributed by atoms with E-state index in [9.17, 15) is 4.79 Å². The first-order chi connectivity index (χ1) is 6.72. The van der Waals surface area contributed by atoms with Crippen molar-refractivity contribution in [3.05, 3.63) is 17.7 Å². The number of Topliss-reactive ketones (excluding diaryl/α,β-unsaturated/α-hetero) is 1. The fourth-order valence-electron chi connectivity index (χ4n) is 1.49. The van der Waals surface area contributed by atoms with Crippen LogP contribution in [0.1, 0.15) is 16.8 Å². The third-order valence-electron chi connectivity index (χ3n) is 2.20. The van der Waals surface area contributed by atoms with Crippen molar-refractivity contribution < 1.29 is 14.3 Å². The van der Waals surface area contributed by atoms with E-state index in [4.69, 9.17) is 15.2 Å². The molecule has 14 heavy (non-hydrogen) atoms. The first kappa shape index (κ1) is 8.87. The molecule has 0 amide bonds. The molecule has 0 fully saturated rings. The lowest BCUT2D eigenvalue weighted by atomic mass is 10.0. The Hall–Kier alpha value is -1.71. The summed E-state index contributed by atoms with van der Waals surface area (Å²) in [5.41, 5.74) is 6.70. The van der Waals surface area contributed by atoms with Gasteiger partial charge in [-0.15, -0.1) is 0 Å². The largest absolute Gasteiger partial charge is 0.497 e. The molecule has 0 unspecified atom stereocenters. The highest BCUT2D eigenvalue weighted by atomic mass is 16.5. The van der Waals surface area contributed by atoms with Crippen molar-refractivity contribution in [2.45, 2.75) is 6.42 Å². The Labute approximate surface area is 81.6 Å². The molecule has 4 heteroatoms. The number of carbonyl (C=O) groups is 1. The molecule has 0 spiro atoms. The lowest BCUT2D eigenvalue weighted by Gasteiger charge is -2.18. The monoisotopic (exact) mass is 193 g/mol. The zero-order valence-electron chi connectivity index (χ0n) is 7.87. The second kappa shape index (κ2) is 3.21. The highest BCUT2D eigenvalue weighted by Crippen LogP contribution is 2.34. The summed E-state index contributed by atoms with van der Waals surface area (Å²) < 4.78 is 10.3. The molecule has 4 nitrogen and oxygen atoms in total. The Balaban J connectivity index is 2.57. The van der Waals surface area contributed by atoms with Gasteiger partial charge < -0.3 is 15.2 Å². The van der Waals surface area contributed by atoms with Crippen LogP contribution in [-0.4, -0.2) is 19.5 Å². The fraction of sp³-hybridized carbons (Fsp3) is 0.300. The first-order valence-electron chi connectivity index (χ1n) is 4.36. The molecular weight excluding hydrogens is 182 g/mol. The topological polar surface area (TPSA) is 61.5 Å². The van der Waals surface area contributed by atoms with Crippen LogP contribution in [0.25, 0.3) is 0 Å². The molecule has 1 aromatic rings. The van der Waals surface area contributed by atoms with Gasteiger partial charge in [-0.25, -0.2) is 0 Å². The SMILES string of the molecule is COc1cc(N)c2c(c1)C(=O)CCO2. The Morgan fingerprint density at radius 3 is 3.00 bits per heavy atom. The molecule has 1 aromatic carbocycles. The van der Waals surface area contributed by atoms with Crippen molar-refractivity contribution in [2.75, 3.05) is 19.5 Å². The molecule has 0 aromatic heterocycles. The Bertz CT molecular complexity index is 387. The van der Waals surface area contributed by atoms with Gasteiger partial charge in [0.2, 0.25) is 0 Å². The minimum atomic E-state index is 0.0526. The van der Waals surface area contributed by atoms with Crippen LogP contribution in [-0.2, 0) is 0 Å². The number of ketones is 1. The molecule has 0 saturated heterocycles. The maximum absolute atomic E-state index is 11.5. The van der Waals surface area contributed by atoms with E-state index < -0.39 is 0 Å². The standard InChI is InChI=1S/C10H11NO3/c1-13-6-4-7-9(12)2-3-14-10(7)8(11)5-6/h4-5H,2-3,11H2,1H3. The maximum atomic E-state index is 11.5. The van der Waals surface area contributed by atoms with E-state index in [1.807, 2.05) is 0 Å². The number of rotatable bonds is 1. The van der Waals surface area contributed by atoms with Crippen LogP contribution in [0.5, 0.6) is 11.5 Å². The van der Waals surface area contributed by atoms with E-state index in [1.54, 1.807) is 12.1 Å². The molecule has 74 valence electrons. The molecule has 1 heterocycles. The number of benzene rings is 1. The zero-order valence-corrected chi connectivity index (χ0v) is 7.87. The number of carbonyl (C=O) groups excluding carboxylic acids is 1. The number of hydrogen-bond acceptors (Lipinski definition) is 4. The van der Waals surface area contributed by atoms with Gasteiger partial charge in [0.1, 0.15) is 5.75 Å². The second-order valence-corrected chi connectivity index (χ2v) is 3.11. The summed E-state index contributed by atoms with van der Waals surface area (Å²) in [4.78, 5) is 11.5. The van der Waals surface area contributed by atoms with E-state index in [1.165, 1.54) is 7.11 Å². The lowest BCUT2D eigenvalue weighted by molar-refractivity contribution is 0.0933. The van der Waals surface area contributed by atoms with Crippen molar-refractivity contribution in [3.8, 4) is 11.5 Å². The van der Waals surface area contributed by atoms with Gasteiger partial charge in [-0.1, -0.05) is 0 Å². The Kier molecular flexibility index (Phi) is 2.04. The molecule has 1 aliphatic rings. The normalized spacial score (nSPS) is 14.5. The van der Waals surface area contributed by atoms with Gasteiger partial charge >= 0.3 is 0 Å². The van der Waals surface area contributed by atoms with Gasteiger partial charge in [0.15, 0.2) is 11.5 Å². The lowest BCUT2D eigenvalue weighted by Crippen LogP contribution is -2.16. The molecular formula is C10H11NO3. The summed E-state index contributed by atoms with van der Waals surface area (Å²) in [5.74, 6) is 1.12. The summed E-state index contributed by atoms with van der Waals surface area (Å²) in [5, 5.41) is 0. The summed E-state index contributed by atoms with van der Waals surface area (Å²) in [7, 11) is 1.54. The Morgan fingerprint density at radius 2 is 2.29 bits per heavy atom. The predicted octanol–water partition coefficient (Wildman–Crippen LogP) is 1.24. The van der Waals surface area contributed by atoms with Gasteiger partial charge in [0, 0.05) is 12.5 Å². The molecule has 0 aliphatic carbocycles. The average Bonchev–Trinajstić information content (AvgIpc) is 2.19. The van der Waals surface area contributed by atoms with Gasteiger partial charge in [-0.2, -0.15) is 0 Å². The van der Waals surface area contributed by atoms with Crippen LogP contribution in [0, 0.1) is 0 Å². The van der Waals surface area contributed by atoms with Crippen molar-refractivity contribution in [3.63, 3.8) is 0 Å². The van der Waals surface area contributed by atoms with Crippen molar-refractivity contribution in [1.29, 1.82) is 0 Å². The van der Waals surface area contributed by atoms with Gasteiger partial charge in [0.05, 0.1) is 25.0 Å². The van der Waals surface area contributed by atoms with Crippen LogP contribution in [0.15, 0.2) is 12.1 Å². The molecule has 2 N–H and O–H groups in total. The second-order valence-electron chi connectivity index (χ2n) is 3.11. The minimum Gasteiger partial charge on any atom is -0.497 e. The summed E-state index contributed by atoms with van der Waals surface area (Å²) >= 11 is 0. The van der Waals surface area contributed by atoms with Crippen molar-refractivity contribution >= 4 is 11.5 Å². The number of nitrogens with two attached hydrogens (primary N) is 1. The zero-order chi connectivity index (χ0) is 10.1. The summed E-state index contributed by atoms with van der Waals surface area (Å²) in [6, 6.07) is 3.31. The van der Waals surface area contributed by atoms with Crippen LogP contribution >= 0.6 is 0 Å². The van der Waals surface area contributed by atoms with Gasteiger partial charge in [0.25, 0.3) is 0 Å². The van der Waals surface area contributed by atoms with Gasteiger partial charge in [-0.05, 0) is 6.07 Å². The molecule has 0 bridgehead atoms. The first-order valence-corrected chi connectivity index (χ1v) is 4.36. The molecule has 2 rings (SSSR count). The molecule has 1 aliphatic heterocycles. The molecule has 0 saturated carbocycles. The quantitative estimate of drug-likeness (QED) is 0.681. The average molecular weight is 193 g/mol. The maximum Gasteiger partial charge on any atom is 0.170 e. The van der Waals surface area contributed by atoms with E-state index in [0.717, 1.165) is 0 Å². The van der Waals surface area contributed by atoms with E-state index in [0.29, 0.717) is 35.8 Å². The molecule has 0 atom stereocenters. The number of methoxy groups -OCH3 is 1. The number of fused-ring (bicyclic) bond motifs is 1. The predicted molar refractivity (Wildman–Crippen MR) is 51.8 cm³/mol. The highest BCUT2D eigenvalue weighted by molar-refractivity contribution is 6.01. The third kappa shape index (κ3) is 1.28.